The molecule has 0 heterocycles. The van der Waals surface area contributed by atoms with Crippen molar-refractivity contribution in [1.29, 1.82) is 0 Å². The molecule has 0 bridgehead atoms. The number of hydrogen-bond donors (Lipinski definition) is 1. The number of para-hydroxylation sites is 1. The first kappa shape index (κ1) is 15.9. The van der Waals surface area contributed by atoms with E-state index >= 15 is 0 Å². The van der Waals surface area contributed by atoms with Gasteiger partial charge in [-0.1, -0.05) is 49.7 Å². The zero-order valence-corrected chi connectivity index (χ0v) is 13.7. The molecule has 2 nitrogen and oxygen atoms in total. The molecule has 0 aliphatic heterocycles. The van der Waals surface area contributed by atoms with Crippen LogP contribution < -0.4 is 5.32 Å². The van der Waals surface area contributed by atoms with E-state index in [0.717, 1.165) is 16.1 Å². The zero-order chi connectivity index (χ0) is 15.2. The Bertz CT molecular complexity index is 628. The van der Waals surface area contributed by atoms with Gasteiger partial charge in [-0.2, -0.15) is 0 Å². The number of carbonyl (C=O) groups excluding carboxylic acids is 1. The lowest BCUT2D eigenvalue weighted by molar-refractivity contribution is -0.113. The molecule has 0 atom stereocenters. The average molecular weight is 320 g/mol. The first-order valence-corrected chi connectivity index (χ1v) is 8.20. The molecule has 4 heteroatoms. The molecular weight excluding hydrogens is 302 g/mol. The monoisotopic (exact) mass is 319 g/mol. The Morgan fingerprint density at radius 3 is 2.67 bits per heavy atom. The van der Waals surface area contributed by atoms with Gasteiger partial charge in [-0.3, -0.25) is 4.79 Å². The second-order valence-corrected chi connectivity index (χ2v) is 6.52. The van der Waals surface area contributed by atoms with E-state index in [1.807, 2.05) is 48.5 Å². The highest BCUT2D eigenvalue weighted by atomic mass is 35.5. The molecule has 0 radical (unpaired) electrons. The molecule has 2 aromatic rings. The fourth-order valence-corrected chi connectivity index (χ4v) is 3.02. The average Bonchev–Trinajstić information content (AvgIpc) is 2.45. The third kappa shape index (κ3) is 4.80. The Morgan fingerprint density at radius 2 is 1.95 bits per heavy atom. The van der Waals surface area contributed by atoms with Crippen LogP contribution in [0.3, 0.4) is 0 Å². The zero-order valence-electron chi connectivity index (χ0n) is 12.1. The largest absolute Gasteiger partial charge is 0.325 e. The SMILES string of the molecule is CC(C)c1ccccc1NC(=O)CSc1cccc(Cl)c1. The van der Waals surface area contributed by atoms with Crippen molar-refractivity contribution in [2.75, 3.05) is 11.1 Å². The molecule has 0 aliphatic rings. The number of benzene rings is 2. The van der Waals surface area contributed by atoms with Crippen LogP contribution in [0.5, 0.6) is 0 Å². The second kappa shape index (κ2) is 7.53. The highest BCUT2D eigenvalue weighted by Crippen LogP contribution is 2.25. The highest BCUT2D eigenvalue weighted by molar-refractivity contribution is 8.00. The van der Waals surface area contributed by atoms with Gasteiger partial charge in [0.2, 0.25) is 5.91 Å². The fourth-order valence-electron chi connectivity index (χ4n) is 2.01. The summed E-state index contributed by atoms with van der Waals surface area (Å²) >= 11 is 7.41. The second-order valence-electron chi connectivity index (χ2n) is 5.04. The van der Waals surface area contributed by atoms with Crippen molar-refractivity contribution in [2.24, 2.45) is 0 Å². The Labute approximate surface area is 134 Å². The van der Waals surface area contributed by atoms with E-state index < -0.39 is 0 Å². The minimum absolute atomic E-state index is 0.00641. The highest BCUT2D eigenvalue weighted by Gasteiger charge is 2.09. The van der Waals surface area contributed by atoms with Gasteiger partial charge in [0.05, 0.1) is 5.75 Å². The summed E-state index contributed by atoms with van der Waals surface area (Å²) in [6, 6.07) is 15.4. The van der Waals surface area contributed by atoms with Gasteiger partial charge in [-0.25, -0.2) is 0 Å². The Kier molecular flexibility index (Phi) is 5.71. The van der Waals surface area contributed by atoms with Crippen LogP contribution in [0, 0.1) is 0 Å². The van der Waals surface area contributed by atoms with Crippen molar-refractivity contribution >= 4 is 35.0 Å². The van der Waals surface area contributed by atoms with E-state index in [1.165, 1.54) is 11.8 Å². The van der Waals surface area contributed by atoms with Gasteiger partial charge >= 0.3 is 0 Å². The lowest BCUT2D eigenvalue weighted by Gasteiger charge is -2.13. The van der Waals surface area contributed by atoms with Crippen LogP contribution in [0.15, 0.2) is 53.4 Å². The molecule has 0 aliphatic carbocycles. The molecule has 0 fully saturated rings. The summed E-state index contributed by atoms with van der Waals surface area (Å²) in [6.07, 6.45) is 0. The molecule has 0 aromatic heterocycles. The predicted molar refractivity (Wildman–Crippen MR) is 91.3 cm³/mol. The summed E-state index contributed by atoms with van der Waals surface area (Å²) < 4.78 is 0. The molecule has 0 saturated carbocycles. The number of nitrogens with one attached hydrogen (secondary N) is 1. The predicted octanol–water partition coefficient (Wildman–Crippen LogP) is 5.19. The number of hydrogen-bond acceptors (Lipinski definition) is 2. The summed E-state index contributed by atoms with van der Waals surface area (Å²) in [5, 5.41) is 3.67. The van der Waals surface area contributed by atoms with Crippen molar-refractivity contribution in [3.8, 4) is 0 Å². The summed E-state index contributed by atoms with van der Waals surface area (Å²) in [5.74, 6) is 0.738. The van der Waals surface area contributed by atoms with Gasteiger partial charge in [0.25, 0.3) is 0 Å². The van der Waals surface area contributed by atoms with Crippen molar-refractivity contribution in [1.82, 2.24) is 0 Å². The third-order valence-corrected chi connectivity index (χ3v) is 4.25. The van der Waals surface area contributed by atoms with E-state index in [0.29, 0.717) is 16.7 Å². The normalized spacial score (nSPS) is 10.7. The maximum absolute atomic E-state index is 12.1. The van der Waals surface area contributed by atoms with E-state index in [4.69, 9.17) is 11.6 Å². The molecular formula is C17H18ClNOS. The summed E-state index contributed by atoms with van der Waals surface area (Å²) in [5.41, 5.74) is 2.04. The van der Waals surface area contributed by atoms with Crippen LogP contribution in [0.4, 0.5) is 5.69 Å². The topological polar surface area (TPSA) is 29.1 Å². The molecule has 1 N–H and O–H groups in total. The van der Waals surface area contributed by atoms with Gasteiger partial charge in [-0.05, 0) is 35.7 Å². The maximum Gasteiger partial charge on any atom is 0.234 e. The first-order chi connectivity index (χ1) is 10.1. The summed E-state index contributed by atoms with van der Waals surface area (Å²) in [6.45, 7) is 4.23. The van der Waals surface area contributed by atoms with Crippen molar-refractivity contribution in [2.45, 2.75) is 24.7 Å². The van der Waals surface area contributed by atoms with Gasteiger partial charge in [0.15, 0.2) is 0 Å². The van der Waals surface area contributed by atoms with E-state index in [9.17, 15) is 4.79 Å². The lowest BCUT2D eigenvalue weighted by Crippen LogP contribution is -2.15. The minimum atomic E-state index is -0.00641. The molecule has 2 rings (SSSR count). The van der Waals surface area contributed by atoms with Crippen molar-refractivity contribution < 1.29 is 4.79 Å². The molecule has 2 aromatic carbocycles. The van der Waals surface area contributed by atoms with E-state index in [1.54, 1.807) is 0 Å². The van der Waals surface area contributed by atoms with Crippen LogP contribution in [0.2, 0.25) is 5.02 Å². The number of anilines is 1. The fraction of sp³-hybridized carbons (Fsp3) is 0.235. The summed E-state index contributed by atoms with van der Waals surface area (Å²) in [4.78, 5) is 13.1. The van der Waals surface area contributed by atoms with Gasteiger partial charge in [0.1, 0.15) is 0 Å². The smallest absolute Gasteiger partial charge is 0.234 e. The molecule has 0 spiro atoms. The molecule has 0 unspecified atom stereocenters. The van der Waals surface area contributed by atoms with Crippen molar-refractivity contribution in [3.63, 3.8) is 0 Å². The molecule has 21 heavy (non-hydrogen) atoms. The van der Waals surface area contributed by atoms with Gasteiger partial charge in [0, 0.05) is 15.6 Å². The van der Waals surface area contributed by atoms with E-state index in [-0.39, 0.29) is 5.91 Å². The molecule has 0 saturated heterocycles. The summed E-state index contributed by atoms with van der Waals surface area (Å²) in [7, 11) is 0. The first-order valence-electron chi connectivity index (χ1n) is 6.83. The minimum Gasteiger partial charge on any atom is -0.325 e. The Morgan fingerprint density at radius 1 is 1.19 bits per heavy atom. The van der Waals surface area contributed by atoms with E-state index in [2.05, 4.69) is 19.2 Å². The number of rotatable bonds is 5. The number of carbonyl (C=O) groups is 1. The van der Waals surface area contributed by atoms with Crippen LogP contribution in [0.1, 0.15) is 25.3 Å². The maximum atomic E-state index is 12.1. The number of halogens is 1. The Hall–Kier alpha value is -1.45. The lowest BCUT2D eigenvalue weighted by atomic mass is 10.0. The number of amides is 1. The standard InChI is InChI=1S/C17H18ClNOS/c1-12(2)15-8-3-4-9-16(15)19-17(20)11-21-14-7-5-6-13(18)10-14/h3-10,12H,11H2,1-2H3,(H,19,20). The van der Waals surface area contributed by atoms with Gasteiger partial charge < -0.3 is 5.32 Å². The molecule has 110 valence electrons. The van der Waals surface area contributed by atoms with Crippen LogP contribution in [-0.4, -0.2) is 11.7 Å². The molecule has 1 amide bonds. The third-order valence-electron chi connectivity index (χ3n) is 3.02. The Balaban J connectivity index is 1.96. The van der Waals surface area contributed by atoms with Crippen LogP contribution >= 0.6 is 23.4 Å². The van der Waals surface area contributed by atoms with Crippen LogP contribution in [0.25, 0.3) is 0 Å². The number of thioether (sulfide) groups is 1. The van der Waals surface area contributed by atoms with Crippen LogP contribution in [-0.2, 0) is 4.79 Å². The van der Waals surface area contributed by atoms with Gasteiger partial charge in [-0.15, -0.1) is 11.8 Å². The quantitative estimate of drug-likeness (QED) is 0.768. The van der Waals surface area contributed by atoms with Crippen molar-refractivity contribution in [3.05, 3.63) is 59.1 Å².